The molecule has 0 saturated carbocycles. The maximum Gasteiger partial charge on any atom is 0.230 e. The predicted molar refractivity (Wildman–Crippen MR) is 189 cm³/mol. The van der Waals surface area contributed by atoms with Crippen LogP contribution in [0.3, 0.4) is 0 Å². The zero-order chi connectivity index (χ0) is 32.2. The normalized spacial score (nSPS) is 12.0. The molecule has 5 heteroatoms. The van der Waals surface area contributed by atoms with Crippen molar-refractivity contribution in [2.24, 2.45) is 0 Å². The molecule has 1 N–H and O–H groups in total. The molecule has 0 radical (unpaired) electrons. The Morgan fingerprint density at radius 2 is 1.30 bits per heavy atom. The van der Waals surface area contributed by atoms with E-state index in [1.54, 1.807) is 6.07 Å². The van der Waals surface area contributed by atoms with Gasteiger partial charge in [-0.2, -0.15) is 0 Å². The zero-order valence-electron chi connectivity index (χ0n) is 27.5. The number of hydrogen-bond donors (Lipinski definition) is 1. The molecule has 0 unspecified atom stereocenters. The van der Waals surface area contributed by atoms with Gasteiger partial charge in [-0.1, -0.05) is 113 Å². The second-order valence-corrected chi connectivity index (χ2v) is 14.0. The van der Waals surface area contributed by atoms with Crippen molar-refractivity contribution in [1.82, 2.24) is 9.97 Å². The van der Waals surface area contributed by atoms with Gasteiger partial charge in [0, 0.05) is 38.2 Å². The summed E-state index contributed by atoms with van der Waals surface area (Å²) in [4.78, 5) is 9.85. The molecule has 238 valence electrons. The van der Waals surface area contributed by atoms with Gasteiger partial charge in [0.25, 0.3) is 0 Å². The van der Waals surface area contributed by atoms with Gasteiger partial charge in [-0.15, -0.1) is 35.4 Å². The van der Waals surface area contributed by atoms with Gasteiger partial charge >= 0.3 is 0 Å². The average molecular weight is 797 g/mol. The fraction of sp³-hybridized carbons (Fsp3) is 0.190. The monoisotopic (exact) mass is 796 g/mol. The Hall–Kier alpha value is -4.53. The Labute approximate surface area is 290 Å². The Balaban J connectivity index is 0.00000386. The number of para-hydroxylation sites is 1. The number of oxazole rings is 1. The van der Waals surface area contributed by atoms with Gasteiger partial charge in [0.15, 0.2) is 0 Å². The largest absolute Gasteiger partial charge is 0.507 e. The number of phenols is 1. The van der Waals surface area contributed by atoms with Crippen LogP contribution in [0.5, 0.6) is 5.75 Å². The second-order valence-electron chi connectivity index (χ2n) is 14.0. The van der Waals surface area contributed by atoms with E-state index < -0.39 is 0 Å². The number of hydrogen-bond acceptors (Lipinski definition) is 4. The molecule has 0 saturated heterocycles. The number of nitrogens with zero attached hydrogens (tertiary/aromatic N) is 2. The van der Waals surface area contributed by atoms with Crippen molar-refractivity contribution in [3.8, 4) is 50.6 Å². The predicted octanol–water partition coefficient (Wildman–Crippen LogP) is 11.1. The van der Waals surface area contributed by atoms with E-state index in [-0.39, 0.29) is 37.6 Å². The van der Waals surface area contributed by atoms with Crippen LogP contribution in [0.25, 0.3) is 66.8 Å². The van der Waals surface area contributed by atoms with Crippen molar-refractivity contribution in [2.75, 3.05) is 0 Å². The molecule has 0 aliphatic heterocycles. The number of aromatic nitrogens is 2. The third-order valence-corrected chi connectivity index (χ3v) is 8.69. The Kier molecular flexibility index (Phi) is 8.44. The van der Waals surface area contributed by atoms with E-state index in [9.17, 15) is 5.11 Å². The van der Waals surface area contributed by atoms with E-state index in [0.29, 0.717) is 17.0 Å². The molecule has 0 fully saturated rings. The number of benzene rings is 5. The summed E-state index contributed by atoms with van der Waals surface area (Å²) >= 11 is 0. The first-order valence-corrected chi connectivity index (χ1v) is 15.7. The topological polar surface area (TPSA) is 59.2 Å². The molecule has 2 aromatic heterocycles. The molecular formula is C42H37N2O2Pt-. The number of rotatable bonds is 4. The van der Waals surface area contributed by atoms with E-state index in [0.717, 1.165) is 60.9 Å². The van der Waals surface area contributed by atoms with E-state index in [1.807, 2.05) is 24.4 Å². The Morgan fingerprint density at radius 3 is 2.02 bits per heavy atom. The minimum Gasteiger partial charge on any atom is -0.507 e. The summed E-state index contributed by atoms with van der Waals surface area (Å²) in [5.41, 5.74) is 11.1. The van der Waals surface area contributed by atoms with Crippen molar-refractivity contribution >= 4 is 22.0 Å². The molecule has 2 heterocycles. The summed E-state index contributed by atoms with van der Waals surface area (Å²) in [5.74, 6) is 0.540. The third kappa shape index (κ3) is 6.15. The number of fused-ring (bicyclic) bond motifs is 2. The van der Waals surface area contributed by atoms with Crippen LogP contribution in [-0.4, -0.2) is 15.1 Å². The number of aromatic hydroxyl groups is 1. The quantitative estimate of drug-likeness (QED) is 0.180. The SMILES string of the molecule is CC(C)(C)c1ccc(O)c(-c2nc3c(-c4[c-]c(-c5cccc6c(-c7ccccc7)ccnc56)ccc4)cc(C(C)(C)C)cc3o2)c1.[Pt]. The number of phenolic OH excluding ortho intramolecular Hbond substituents is 1. The smallest absolute Gasteiger partial charge is 0.230 e. The molecule has 0 aliphatic rings. The van der Waals surface area contributed by atoms with Gasteiger partial charge in [0.1, 0.15) is 11.3 Å². The summed E-state index contributed by atoms with van der Waals surface area (Å²) in [7, 11) is 0. The van der Waals surface area contributed by atoms with Gasteiger partial charge in [-0.3, -0.25) is 4.98 Å². The number of pyridine rings is 1. The summed E-state index contributed by atoms with van der Waals surface area (Å²) < 4.78 is 6.43. The van der Waals surface area contributed by atoms with E-state index >= 15 is 0 Å². The maximum absolute atomic E-state index is 10.9. The van der Waals surface area contributed by atoms with Gasteiger partial charge in [-0.05, 0) is 57.3 Å². The van der Waals surface area contributed by atoms with E-state index in [2.05, 4.69) is 126 Å². The molecule has 0 atom stereocenters. The standard InChI is InChI=1S/C42H37N2O2.Pt/c1-41(2,3)29-18-19-36(45)35(23-29)40-44-39-34(24-30(42(4,5)6)25-37(39)46-40)28-15-10-14-27(22-28)32-16-11-17-33-31(20-21-43-38(32)33)26-12-8-7-9-13-26;/h7-21,23-25,45H,1-6H3;/q-1;. The van der Waals surface area contributed by atoms with Crippen LogP contribution in [0.4, 0.5) is 0 Å². The fourth-order valence-corrected chi connectivity index (χ4v) is 6.00. The van der Waals surface area contributed by atoms with Crippen LogP contribution in [0.1, 0.15) is 52.7 Å². The van der Waals surface area contributed by atoms with Gasteiger partial charge in [0.2, 0.25) is 5.89 Å². The molecule has 7 rings (SSSR count). The first kappa shape index (κ1) is 32.4. The summed E-state index contributed by atoms with van der Waals surface area (Å²) in [6.45, 7) is 13.0. The Bertz CT molecular complexity index is 2240. The van der Waals surface area contributed by atoms with Crippen molar-refractivity contribution in [3.05, 3.63) is 127 Å². The summed E-state index contributed by atoms with van der Waals surface area (Å²) in [6, 6.07) is 38.7. The van der Waals surface area contributed by atoms with Crippen molar-refractivity contribution in [3.63, 3.8) is 0 Å². The molecule has 0 bridgehead atoms. The van der Waals surface area contributed by atoms with Gasteiger partial charge in [0.05, 0.1) is 11.1 Å². The van der Waals surface area contributed by atoms with Crippen LogP contribution >= 0.6 is 0 Å². The maximum atomic E-state index is 10.9. The van der Waals surface area contributed by atoms with Crippen molar-refractivity contribution in [2.45, 2.75) is 52.4 Å². The van der Waals surface area contributed by atoms with Crippen LogP contribution in [0.2, 0.25) is 0 Å². The van der Waals surface area contributed by atoms with Crippen molar-refractivity contribution in [1.29, 1.82) is 0 Å². The minimum atomic E-state index is -0.130. The van der Waals surface area contributed by atoms with E-state index in [1.165, 1.54) is 0 Å². The van der Waals surface area contributed by atoms with Gasteiger partial charge < -0.3 is 9.52 Å². The molecular weight excluding hydrogens is 760 g/mol. The third-order valence-electron chi connectivity index (χ3n) is 8.69. The molecule has 0 aliphatic carbocycles. The summed E-state index contributed by atoms with van der Waals surface area (Å²) in [6.07, 6.45) is 1.88. The first-order valence-electron chi connectivity index (χ1n) is 15.7. The molecule has 0 amide bonds. The van der Waals surface area contributed by atoms with E-state index in [4.69, 9.17) is 14.4 Å². The molecule has 5 aromatic carbocycles. The Morgan fingerprint density at radius 1 is 0.617 bits per heavy atom. The average Bonchev–Trinajstić information content (AvgIpc) is 3.48. The van der Waals surface area contributed by atoms with Crippen molar-refractivity contribution < 1.29 is 30.6 Å². The minimum absolute atomic E-state index is 0. The van der Waals surface area contributed by atoms with Gasteiger partial charge in [-0.25, -0.2) is 4.98 Å². The first-order chi connectivity index (χ1) is 22.0. The molecule has 7 aromatic rings. The summed E-state index contributed by atoms with van der Waals surface area (Å²) in [5, 5.41) is 12.0. The fourth-order valence-electron chi connectivity index (χ4n) is 6.00. The van der Waals surface area contributed by atoms with Crippen LogP contribution in [0, 0.1) is 6.07 Å². The molecule has 4 nitrogen and oxygen atoms in total. The van der Waals surface area contributed by atoms with Crippen LogP contribution < -0.4 is 0 Å². The zero-order valence-corrected chi connectivity index (χ0v) is 29.7. The molecule has 0 spiro atoms. The van der Waals surface area contributed by atoms with Crippen LogP contribution in [-0.2, 0) is 31.9 Å². The molecule has 47 heavy (non-hydrogen) atoms. The second kappa shape index (κ2) is 12.2. The van der Waals surface area contributed by atoms with Crippen LogP contribution in [0.15, 0.2) is 114 Å².